The molecular formula is C24H26F3N5O. The van der Waals surface area contributed by atoms with Gasteiger partial charge < -0.3 is 10.2 Å². The maximum atomic E-state index is 13.7. The minimum Gasteiger partial charge on any atom is -0.368 e. The molecule has 2 N–H and O–H groups in total. The number of carbonyl (C=O) groups is 1. The number of benzene rings is 1. The number of halogens is 3. The second kappa shape index (κ2) is 9.25. The standard InChI is InChI=1S/C24H26F3N5O/c1-15-5-7-19(17-11-30-31-12-17)20(10-15)23(33)32-9-3-4-16(2)21(32)14-29-22-8-6-18(13-28-22)24(25,26)27/h5-8,10-13,16,21H,3-4,9,14H2,1-2H3,(H,28,29)(H,30,31)/t16-,21?/m1/s1. The summed E-state index contributed by atoms with van der Waals surface area (Å²) < 4.78 is 38.4. The van der Waals surface area contributed by atoms with E-state index in [4.69, 9.17) is 0 Å². The molecule has 1 aromatic carbocycles. The van der Waals surface area contributed by atoms with Crippen molar-refractivity contribution >= 4 is 11.7 Å². The first kappa shape index (κ1) is 22.8. The number of aromatic amines is 1. The van der Waals surface area contributed by atoms with Gasteiger partial charge in [-0.1, -0.05) is 24.6 Å². The van der Waals surface area contributed by atoms with Gasteiger partial charge in [-0.15, -0.1) is 0 Å². The van der Waals surface area contributed by atoms with Crippen molar-refractivity contribution in [2.75, 3.05) is 18.4 Å². The van der Waals surface area contributed by atoms with E-state index in [1.54, 1.807) is 12.4 Å². The molecule has 33 heavy (non-hydrogen) atoms. The van der Waals surface area contributed by atoms with Gasteiger partial charge in [-0.05, 0) is 49.4 Å². The predicted octanol–water partition coefficient (Wildman–Crippen LogP) is 5.15. The summed E-state index contributed by atoms with van der Waals surface area (Å²) in [6.45, 7) is 5.07. The molecule has 9 heteroatoms. The number of hydrogen-bond donors (Lipinski definition) is 2. The molecule has 1 aliphatic rings. The number of piperidine rings is 1. The molecule has 1 unspecified atom stereocenters. The van der Waals surface area contributed by atoms with Crippen molar-refractivity contribution in [3.8, 4) is 11.1 Å². The van der Waals surface area contributed by atoms with Crippen LogP contribution in [0.25, 0.3) is 11.1 Å². The fraction of sp³-hybridized carbons (Fsp3) is 0.375. The van der Waals surface area contributed by atoms with E-state index >= 15 is 0 Å². The summed E-state index contributed by atoms with van der Waals surface area (Å²) in [4.78, 5) is 19.5. The number of nitrogens with one attached hydrogen (secondary N) is 2. The van der Waals surface area contributed by atoms with E-state index in [0.717, 1.165) is 41.8 Å². The fourth-order valence-corrected chi connectivity index (χ4v) is 4.33. The third-order valence-corrected chi connectivity index (χ3v) is 6.17. The Bertz CT molecular complexity index is 1100. The zero-order chi connectivity index (χ0) is 23.6. The molecule has 1 aliphatic heterocycles. The maximum absolute atomic E-state index is 13.7. The van der Waals surface area contributed by atoms with Crippen LogP contribution in [0.4, 0.5) is 19.0 Å². The number of rotatable bonds is 5. The minimum absolute atomic E-state index is 0.0615. The average molecular weight is 458 g/mol. The molecule has 0 spiro atoms. The van der Waals surface area contributed by atoms with Crippen LogP contribution in [0.3, 0.4) is 0 Å². The predicted molar refractivity (Wildman–Crippen MR) is 120 cm³/mol. The number of alkyl halides is 3. The number of anilines is 1. The zero-order valence-corrected chi connectivity index (χ0v) is 18.5. The van der Waals surface area contributed by atoms with E-state index in [-0.39, 0.29) is 17.9 Å². The monoisotopic (exact) mass is 457 g/mol. The maximum Gasteiger partial charge on any atom is 0.417 e. The fourth-order valence-electron chi connectivity index (χ4n) is 4.33. The number of amides is 1. The summed E-state index contributed by atoms with van der Waals surface area (Å²) in [5, 5.41) is 9.93. The quantitative estimate of drug-likeness (QED) is 0.556. The normalized spacial score (nSPS) is 18.9. The highest BCUT2D eigenvalue weighted by Crippen LogP contribution is 2.31. The second-order valence-corrected chi connectivity index (χ2v) is 8.53. The molecule has 0 aliphatic carbocycles. The molecule has 4 rings (SSSR count). The molecule has 6 nitrogen and oxygen atoms in total. The van der Waals surface area contributed by atoms with Gasteiger partial charge in [0, 0.05) is 36.6 Å². The molecular weight excluding hydrogens is 431 g/mol. The van der Waals surface area contributed by atoms with Crippen molar-refractivity contribution in [2.45, 2.75) is 38.9 Å². The van der Waals surface area contributed by atoms with Crippen molar-refractivity contribution < 1.29 is 18.0 Å². The third kappa shape index (κ3) is 5.02. The zero-order valence-electron chi connectivity index (χ0n) is 18.5. The first-order valence-electron chi connectivity index (χ1n) is 10.9. The number of H-pyrrole nitrogens is 1. The summed E-state index contributed by atoms with van der Waals surface area (Å²) >= 11 is 0. The van der Waals surface area contributed by atoms with Crippen LogP contribution in [-0.2, 0) is 6.18 Å². The van der Waals surface area contributed by atoms with Crippen molar-refractivity contribution in [3.63, 3.8) is 0 Å². The SMILES string of the molecule is Cc1ccc(-c2cn[nH]c2)c(C(=O)N2CCC[C@@H](C)C2CNc2ccc(C(F)(F)F)cn2)c1. The van der Waals surface area contributed by atoms with Crippen molar-refractivity contribution in [1.82, 2.24) is 20.1 Å². The first-order chi connectivity index (χ1) is 15.7. The van der Waals surface area contributed by atoms with Crippen LogP contribution in [0.5, 0.6) is 0 Å². The Labute approximate surface area is 190 Å². The van der Waals surface area contributed by atoms with E-state index < -0.39 is 11.7 Å². The van der Waals surface area contributed by atoms with Crippen molar-refractivity contribution in [1.29, 1.82) is 0 Å². The molecule has 174 valence electrons. The summed E-state index contributed by atoms with van der Waals surface area (Å²) in [7, 11) is 0. The summed E-state index contributed by atoms with van der Waals surface area (Å²) in [6, 6.07) is 8.00. The number of nitrogens with zero attached hydrogens (tertiary/aromatic N) is 3. The smallest absolute Gasteiger partial charge is 0.368 e. The minimum atomic E-state index is -4.42. The van der Waals surface area contributed by atoms with Gasteiger partial charge in [0.1, 0.15) is 5.82 Å². The Balaban J connectivity index is 1.55. The lowest BCUT2D eigenvalue weighted by atomic mass is 9.89. The summed E-state index contributed by atoms with van der Waals surface area (Å²) in [5.74, 6) is 0.517. The molecule has 0 bridgehead atoms. The van der Waals surface area contributed by atoms with Gasteiger partial charge >= 0.3 is 6.18 Å². The highest BCUT2D eigenvalue weighted by molar-refractivity contribution is 6.01. The van der Waals surface area contributed by atoms with Gasteiger partial charge in [-0.3, -0.25) is 9.89 Å². The van der Waals surface area contributed by atoms with Gasteiger partial charge in [0.05, 0.1) is 17.8 Å². The number of likely N-dealkylation sites (tertiary alicyclic amines) is 1. The Morgan fingerprint density at radius 1 is 1.24 bits per heavy atom. The van der Waals surface area contributed by atoms with Gasteiger partial charge in [0.2, 0.25) is 0 Å². The lowest BCUT2D eigenvalue weighted by Crippen LogP contribution is -2.51. The van der Waals surface area contributed by atoms with Gasteiger partial charge in [-0.25, -0.2) is 4.98 Å². The summed E-state index contributed by atoms with van der Waals surface area (Å²) in [6.07, 6.45) is 1.71. The number of pyridine rings is 1. The van der Waals surface area contributed by atoms with E-state index in [2.05, 4.69) is 27.4 Å². The van der Waals surface area contributed by atoms with Crippen LogP contribution in [0.1, 0.15) is 41.3 Å². The van der Waals surface area contributed by atoms with Crippen LogP contribution in [-0.4, -0.2) is 45.1 Å². The molecule has 2 atom stereocenters. The van der Waals surface area contributed by atoms with Crippen molar-refractivity contribution in [3.05, 3.63) is 65.6 Å². The van der Waals surface area contributed by atoms with E-state index in [0.29, 0.717) is 24.5 Å². The summed E-state index contributed by atoms with van der Waals surface area (Å²) in [5.41, 5.74) is 2.46. The molecule has 2 aromatic heterocycles. The average Bonchev–Trinajstić information content (AvgIpc) is 3.32. The lowest BCUT2D eigenvalue weighted by molar-refractivity contribution is -0.137. The Hall–Kier alpha value is -3.36. The molecule has 3 aromatic rings. The van der Waals surface area contributed by atoms with Gasteiger partial charge in [0.15, 0.2) is 0 Å². The first-order valence-corrected chi connectivity index (χ1v) is 10.9. The molecule has 1 amide bonds. The molecule has 0 saturated carbocycles. The van der Waals surface area contributed by atoms with Crippen molar-refractivity contribution in [2.24, 2.45) is 5.92 Å². The van der Waals surface area contributed by atoms with Crippen LogP contribution in [0.15, 0.2) is 48.9 Å². The van der Waals surface area contributed by atoms with E-state index in [1.165, 1.54) is 6.07 Å². The number of aromatic nitrogens is 3. The van der Waals surface area contributed by atoms with Gasteiger partial charge in [0.25, 0.3) is 5.91 Å². The van der Waals surface area contributed by atoms with Crippen LogP contribution >= 0.6 is 0 Å². The highest BCUT2D eigenvalue weighted by Gasteiger charge is 2.34. The largest absolute Gasteiger partial charge is 0.417 e. The third-order valence-electron chi connectivity index (χ3n) is 6.17. The van der Waals surface area contributed by atoms with E-state index in [9.17, 15) is 18.0 Å². The van der Waals surface area contributed by atoms with Gasteiger partial charge in [-0.2, -0.15) is 18.3 Å². The molecule has 1 fully saturated rings. The number of hydrogen-bond acceptors (Lipinski definition) is 4. The highest BCUT2D eigenvalue weighted by atomic mass is 19.4. The lowest BCUT2D eigenvalue weighted by Gasteiger charge is -2.40. The molecule has 0 radical (unpaired) electrons. The topological polar surface area (TPSA) is 73.9 Å². The van der Waals surface area contributed by atoms with Crippen LogP contribution < -0.4 is 5.32 Å². The Morgan fingerprint density at radius 2 is 2.06 bits per heavy atom. The Morgan fingerprint density at radius 3 is 2.73 bits per heavy atom. The number of carbonyl (C=O) groups excluding carboxylic acids is 1. The van der Waals surface area contributed by atoms with E-state index in [1.807, 2.05) is 30.0 Å². The van der Waals surface area contributed by atoms with Crippen LogP contribution in [0, 0.1) is 12.8 Å². The Kier molecular flexibility index (Phi) is 6.40. The molecule has 3 heterocycles. The number of aryl methyl sites for hydroxylation is 1. The molecule has 1 saturated heterocycles. The van der Waals surface area contributed by atoms with Crippen LogP contribution in [0.2, 0.25) is 0 Å². The second-order valence-electron chi connectivity index (χ2n) is 8.53.